The largest absolute Gasteiger partial charge is 0.462 e. The van der Waals surface area contributed by atoms with Crippen LogP contribution in [0.1, 0.15) is 272 Å². The van der Waals surface area contributed by atoms with E-state index in [2.05, 4.69) is 34.6 Å². The van der Waals surface area contributed by atoms with Gasteiger partial charge in [0.05, 0.1) is 0 Å². The van der Waals surface area contributed by atoms with Gasteiger partial charge in [0.2, 0.25) is 0 Å². The average Bonchev–Trinajstić information content (AvgIpc) is 3.16. The number of unbranched alkanes of at least 4 members (excludes halogenated alkanes) is 29. The molecule has 0 aromatic heterocycles. The summed E-state index contributed by atoms with van der Waals surface area (Å²) < 4.78 is 16.6. The van der Waals surface area contributed by atoms with Gasteiger partial charge in [-0.2, -0.15) is 0 Å². The lowest BCUT2D eigenvalue weighted by Crippen LogP contribution is -2.30. The maximum atomic E-state index is 12.5. The third-order valence-electron chi connectivity index (χ3n) is 11.2. The lowest BCUT2D eigenvalue weighted by atomic mass is 10.0. The predicted molar refractivity (Wildman–Crippen MR) is 238 cm³/mol. The van der Waals surface area contributed by atoms with Crippen molar-refractivity contribution in [1.29, 1.82) is 0 Å². The van der Waals surface area contributed by atoms with E-state index in [1.54, 1.807) is 0 Å². The standard InChI is InChI=1S/C50H96O6/c1-6-7-8-28-37-42-50(53)56-47(44-55-49(52)41-36-32-27-23-19-21-25-30-34-39-46(4)5)43-54-48(51)40-35-31-26-22-18-16-14-12-10-9-11-13-15-17-20-24-29-33-38-45(2)3/h45-47H,6-44H2,1-5H3/t47-/m1/s1. The Morgan fingerprint density at radius 1 is 0.339 bits per heavy atom. The molecule has 6 heteroatoms. The summed E-state index contributed by atoms with van der Waals surface area (Å²) in [4.78, 5) is 37.5. The molecule has 0 unspecified atom stereocenters. The van der Waals surface area contributed by atoms with E-state index in [-0.39, 0.29) is 31.1 Å². The van der Waals surface area contributed by atoms with Crippen LogP contribution in [0.25, 0.3) is 0 Å². The van der Waals surface area contributed by atoms with E-state index in [1.165, 1.54) is 154 Å². The molecule has 0 saturated heterocycles. The number of hydrogen-bond acceptors (Lipinski definition) is 6. The van der Waals surface area contributed by atoms with Gasteiger partial charge in [0.15, 0.2) is 6.10 Å². The van der Waals surface area contributed by atoms with Gasteiger partial charge in [-0.05, 0) is 31.1 Å². The highest BCUT2D eigenvalue weighted by Crippen LogP contribution is 2.17. The molecular weight excluding hydrogens is 697 g/mol. The molecule has 0 amide bonds. The number of rotatable bonds is 44. The van der Waals surface area contributed by atoms with Gasteiger partial charge in [0.25, 0.3) is 0 Å². The Balaban J connectivity index is 4.02. The Hall–Kier alpha value is -1.59. The monoisotopic (exact) mass is 793 g/mol. The Kier molecular flexibility index (Phi) is 41.8. The molecule has 1 atom stereocenters. The molecule has 0 bridgehead atoms. The van der Waals surface area contributed by atoms with Crippen LogP contribution in [-0.2, 0) is 28.6 Å². The number of carbonyl (C=O) groups excluding carboxylic acids is 3. The van der Waals surface area contributed by atoms with Crippen molar-refractivity contribution in [2.24, 2.45) is 11.8 Å². The Morgan fingerprint density at radius 2 is 0.589 bits per heavy atom. The quantitative estimate of drug-likeness (QED) is 0.0347. The summed E-state index contributed by atoms with van der Waals surface area (Å²) >= 11 is 0. The highest BCUT2D eigenvalue weighted by molar-refractivity contribution is 5.71. The number of carbonyl (C=O) groups is 3. The maximum Gasteiger partial charge on any atom is 0.306 e. The Labute approximate surface area is 348 Å². The number of hydrogen-bond donors (Lipinski definition) is 0. The fourth-order valence-corrected chi connectivity index (χ4v) is 7.46. The summed E-state index contributed by atoms with van der Waals surface area (Å²) in [5, 5.41) is 0. The zero-order valence-corrected chi connectivity index (χ0v) is 38.3. The number of ether oxygens (including phenoxy) is 3. The van der Waals surface area contributed by atoms with E-state index in [9.17, 15) is 14.4 Å². The van der Waals surface area contributed by atoms with Crippen molar-refractivity contribution in [3.63, 3.8) is 0 Å². The van der Waals surface area contributed by atoms with Gasteiger partial charge in [-0.1, -0.05) is 234 Å². The van der Waals surface area contributed by atoms with E-state index in [0.29, 0.717) is 19.3 Å². The first-order valence-electron chi connectivity index (χ1n) is 24.7. The van der Waals surface area contributed by atoms with Gasteiger partial charge < -0.3 is 14.2 Å². The van der Waals surface area contributed by atoms with E-state index in [1.807, 2.05) is 0 Å². The van der Waals surface area contributed by atoms with Gasteiger partial charge in [-0.15, -0.1) is 0 Å². The van der Waals surface area contributed by atoms with Crippen molar-refractivity contribution in [3.8, 4) is 0 Å². The lowest BCUT2D eigenvalue weighted by molar-refractivity contribution is -0.167. The minimum atomic E-state index is -0.759. The maximum absolute atomic E-state index is 12.5. The highest BCUT2D eigenvalue weighted by Gasteiger charge is 2.19. The summed E-state index contributed by atoms with van der Waals surface area (Å²) in [7, 11) is 0. The first-order chi connectivity index (χ1) is 27.2. The van der Waals surface area contributed by atoms with Gasteiger partial charge in [-0.3, -0.25) is 14.4 Å². The molecule has 0 N–H and O–H groups in total. The normalized spacial score (nSPS) is 12.1. The van der Waals surface area contributed by atoms with Crippen LogP contribution in [-0.4, -0.2) is 37.2 Å². The van der Waals surface area contributed by atoms with Crippen LogP contribution in [0.5, 0.6) is 0 Å². The summed E-state index contributed by atoms with van der Waals surface area (Å²) in [6, 6.07) is 0. The molecule has 0 heterocycles. The zero-order valence-electron chi connectivity index (χ0n) is 38.3. The van der Waals surface area contributed by atoms with E-state index in [0.717, 1.165) is 76.0 Å². The molecule has 0 spiro atoms. The third kappa shape index (κ3) is 43.5. The molecule has 56 heavy (non-hydrogen) atoms. The Morgan fingerprint density at radius 3 is 0.875 bits per heavy atom. The second-order valence-electron chi connectivity index (χ2n) is 18.1. The molecule has 0 aliphatic carbocycles. The van der Waals surface area contributed by atoms with Crippen LogP contribution in [0.3, 0.4) is 0 Å². The third-order valence-corrected chi connectivity index (χ3v) is 11.2. The molecule has 0 rings (SSSR count). The number of esters is 3. The summed E-state index contributed by atoms with van der Waals surface area (Å²) in [6.45, 7) is 11.3. The topological polar surface area (TPSA) is 78.9 Å². The molecule has 0 aromatic rings. The SMILES string of the molecule is CCCCCCCC(=O)O[C@H](COC(=O)CCCCCCCCCCCCCCCCCCCCC(C)C)COC(=O)CCCCCCCCCCCC(C)C. The fraction of sp³-hybridized carbons (Fsp3) is 0.940. The van der Waals surface area contributed by atoms with Crippen LogP contribution in [0.2, 0.25) is 0 Å². The second-order valence-corrected chi connectivity index (χ2v) is 18.1. The smallest absolute Gasteiger partial charge is 0.306 e. The molecule has 0 saturated carbocycles. The van der Waals surface area contributed by atoms with Crippen molar-refractivity contribution in [1.82, 2.24) is 0 Å². The molecular formula is C50H96O6. The van der Waals surface area contributed by atoms with Gasteiger partial charge in [0.1, 0.15) is 13.2 Å². The van der Waals surface area contributed by atoms with Crippen LogP contribution in [0.15, 0.2) is 0 Å². The van der Waals surface area contributed by atoms with Crippen LogP contribution in [0.4, 0.5) is 0 Å². The minimum absolute atomic E-state index is 0.0656. The van der Waals surface area contributed by atoms with Crippen molar-refractivity contribution >= 4 is 17.9 Å². The van der Waals surface area contributed by atoms with Crippen molar-refractivity contribution < 1.29 is 28.6 Å². The highest BCUT2D eigenvalue weighted by atomic mass is 16.6. The molecule has 0 fully saturated rings. The molecule has 0 aromatic carbocycles. The summed E-state index contributed by atoms with van der Waals surface area (Å²) in [5.41, 5.74) is 0. The van der Waals surface area contributed by atoms with Crippen molar-refractivity contribution in [3.05, 3.63) is 0 Å². The molecule has 6 nitrogen and oxygen atoms in total. The van der Waals surface area contributed by atoms with E-state index in [4.69, 9.17) is 14.2 Å². The average molecular weight is 793 g/mol. The fourth-order valence-electron chi connectivity index (χ4n) is 7.46. The first-order valence-corrected chi connectivity index (χ1v) is 24.7. The van der Waals surface area contributed by atoms with Gasteiger partial charge in [-0.25, -0.2) is 0 Å². The van der Waals surface area contributed by atoms with Crippen LogP contribution in [0, 0.1) is 11.8 Å². The first kappa shape index (κ1) is 54.4. The molecule has 0 aliphatic rings. The van der Waals surface area contributed by atoms with Gasteiger partial charge in [0, 0.05) is 19.3 Å². The summed E-state index contributed by atoms with van der Waals surface area (Å²) in [5.74, 6) is 0.800. The molecule has 0 radical (unpaired) electrons. The van der Waals surface area contributed by atoms with Crippen LogP contribution >= 0.6 is 0 Å². The van der Waals surface area contributed by atoms with E-state index >= 15 is 0 Å². The molecule has 0 aliphatic heterocycles. The van der Waals surface area contributed by atoms with Gasteiger partial charge >= 0.3 is 17.9 Å². The van der Waals surface area contributed by atoms with Crippen LogP contribution < -0.4 is 0 Å². The summed E-state index contributed by atoms with van der Waals surface area (Å²) in [6.07, 6.45) is 42.8. The predicted octanol–water partition coefficient (Wildman–Crippen LogP) is 15.8. The second kappa shape index (κ2) is 43.0. The zero-order chi connectivity index (χ0) is 41.2. The molecule has 332 valence electrons. The van der Waals surface area contributed by atoms with Crippen molar-refractivity contribution in [2.45, 2.75) is 278 Å². The van der Waals surface area contributed by atoms with Crippen molar-refractivity contribution in [2.75, 3.05) is 13.2 Å². The van der Waals surface area contributed by atoms with E-state index < -0.39 is 6.10 Å². The Bertz CT molecular complexity index is 854. The lowest BCUT2D eigenvalue weighted by Gasteiger charge is -2.18. The minimum Gasteiger partial charge on any atom is -0.462 e.